The van der Waals surface area contributed by atoms with Crippen LogP contribution in [0.4, 0.5) is 0 Å². The Labute approximate surface area is 392 Å². The van der Waals surface area contributed by atoms with Crippen molar-refractivity contribution in [3.05, 3.63) is 36.5 Å². The Kier molecular flexibility index (Phi) is 51.1. The van der Waals surface area contributed by atoms with Crippen LogP contribution in [0.15, 0.2) is 36.5 Å². The maximum absolute atomic E-state index is 12.4. The van der Waals surface area contributed by atoms with E-state index in [2.05, 4.69) is 43.5 Å². The number of hydrogen-bond donors (Lipinski definition) is 3. The zero-order chi connectivity index (χ0) is 45.8. The smallest absolute Gasteiger partial charge is 0.305 e. The molecule has 1 amide bonds. The predicted molar refractivity (Wildman–Crippen MR) is 273 cm³/mol. The summed E-state index contributed by atoms with van der Waals surface area (Å²) in [7, 11) is 0. The molecule has 0 fully saturated rings. The lowest BCUT2D eigenvalue weighted by Gasteiger charge is -2.20. The van der Waals surface area contributed by atoms with E-state index in [1.54, 1.807) is 6.08 Å². The van der Waals surface area contributed by atoms with Crippen LogP contribution < -0.4 is 5.32 Å². The molecule has 6 heteroatoms. The van der Waals surface area contributed by atoms with E-state index < -0.39 is 12.1 Å². The van der Waals surface area contributed by atoms with Crippen LogP contribution in [-0.4, -0.2) is 47.4 Å². The summed E-state index contributed by atoms with van der Waals surface area (Å²) in [5, 5.41) is 23.1. The summed E-state index contributed by atoms with van der Waals surface area (Å²) in [4.78, 5) is 24.4. The highest BCUT2D eigenvalue weighted by atomic mass is 16.5. The van der Waals surface area contributed by atoms with Crippen molar-refractivity contribution < 1.29 is 24.5 Å². The maximum Gasteiger partial charge on any atom is 0.305 e. The Morgan fingerprint density at radius 2 is 0.762 bits per heavy atom. The quantitative estimate of drug-likeness (QED) is 0.0321. The predicted octanol–water partition coefficient (Wildman–Crippen LogP) is 16.9. The van der Waals surface area contributed by atoms with E-state index in [9.17, 15) is 19.8 Å². The summed E-state index contributed by atoms with van der Waals surface area (Å²) >= 11 is 0. The summed E-state index contributed by atoms with van der Waals surface area (Å²) in [6, 6.07) is -0.634. The number of rotatable bonds is 51. The second-order valence-electron chi connectivity index (χ2n) is 18.9. The lowest BCUT2D eigenvalue weighted by Crippen LogP contribution is -2.45. The average Bonchev–Trinajstić information content (AvgIpc) is 3.28. The monoisotopic (exact) mass is 886 g/mol. The van der Waals surface area contributed by atoms with Gasteiger partial charge in [-0.3, -0.25) is 9.59 Å². The molecule has 0 aliphatic heterocycles. The van der Waals surface area contributed by atoms with E-state index in [4.69, 9.17) is 4.74 Å². The van der Waals surface area contributed by atoms with E-state index in [1.165, 1.54) is 212 Å². The van der Waals surface area contributed by atoms with Crippen molar-refractivity contribution in [1.29, 1.82) is 0 Å². The number of carbonyl (C=O) groups is 2. The largest absolute Gasteiger partial charge is 0.466 e. The van der Waals surface area contributed by atoms with Crippen LogP contribution in [-0.2, 0) is 14.3 Å². The molecule has 2 atom stereocenters. The average molecular weight is 886 g/mol. The normalized spacial score (nSPS) is 12.9. The van der Waals surface area contributed by atoms with Crippen LogP contribution in [0.5, 0.6) is 0 Å². The van der Waals surface area contributed by atoms with E-state index in [-0.39, 0.29) is 18.5 Å². The van der Waals surface area contributed by atoms with Crippen LogP contribution in [0.2, 0.25) is 0 Å². The van der Waals surface area contributed by atoms with Gasteiger partial charge in [-0.25, -0.2) is 0 Å². The van der Waals surface area contributed by atoms with Gasteiger partial charge in [-0.15, -0.1) is 0 Å². The molecule has 0 aliphatic carbocycles. The molecule has 0 aliphatic rings. The fourth-order valence-electron chi connectivity index (χ4n) is 8.31. The van der Waals surface area contributed by atoms with Crippen molar-refractivity contribution in [3.63, 3.8) is 0 Å². The highest BCUT2D eigenvalue weighted by Gasteiger charge is 2.18. The van der Waals surface area contributed by atoms with Gasteiger partial charge in [-0.05, 0) is 77.0 Å². The zero-order valence-corrected chi connectivity index (χ0v) is 42.1. The van der Waals surface area contributed by atoms with Gasteiger partial charge in [0.05, 0.1) is 25.4 Å². The molecule has 0 radical (unpaired) electrons. The third-order valence-corrected chi connectivity index (χ3v) is 12.6. The number of esters is 1. The van der Waals surface area contributed by atoms with Gasteiger partial charge >= 0.3 is 5.97 Å². The van der Waals surface area contributed by atoms with Crippen molar-refractivity contribution in [3.8, 4) is 0 Å². The molecule has 2 unspecified atom stereocenters. The maximum atomic E-state index is 12.4. The molecule has 0 rings (SSSR count). The minimum absolute atomic E-state index is 0.00602. The van der Waals surface area contributed by atoms with Crippen molar-refractivity contribution in [2.75, 3.05) is 13.2 Å². The Balaban J connectivity index is 3.48. The molecule has 0 aromatic heterocycles. The standard InChI is InChI=1S/C57H107NO5/c1-3-5-7-9-11-13-15-16-23-26-30-33-37-41-45-49-55(60)54(53-59)58-56(61)50-46-42-38-34-31-27-24-21-19-17-18-20-22-25-28-32-36-40-44-48-52-63-57(62)51-47-43-39-35-29-14-12-10-8-6-4-2/h10,12,17,19,45,49,54-55,59-60H,3-9,11,13-16,18,20-44,46-48,50-53H2,1-2H3,(H,58,61)/b12-10-,19-17-,49-45+. The number of unbranched alkanes of at least 4 members (excludes halogenated alkanes) is 36. The second kappa shape index (κ2) is 52.7. The highest BCUT2D eigenvalue weighted by molar-refractivity contribution is 5.76. The first kappa shape index (κ1) is 61.1. The SMILES string of the molecule is CCCC/C=C\CCCCCCCC(=O)OCCCCCCCCCCC/C=C\CCCCCCCCCC(=O)NC(CO)C(O)/C=C/CCCCCCCCCCCCCCC. The van der Waals surface area contributed by atoms with Crippen LogP contribution in [0.3, 0.4) is 0 Å². The molecular formula is C57H107NO5. The van der Waals surface area contributed by atoms with E-state index >= 15 is 0 Å². The van der Waals surface area contributed by atoms with E-state index in [0.717, 1.165) is 51.4 Å². The number of aliphatic hydroxyl groups excluding tert-OH is 2. The van der Waals surface area contributed by atoms with Gasteiger partial charge < -0.3 is 20.3 Å². The minimum Gasteiger partial charge on any atom is -0.466 e. The summed E-state index contributed by atoms with van der Waals surface area (Å²) in [5.41, 5.74) is 0. The first-order chi connectivity index (χ1) is 31.0. The Hall–Kier alpha value is -1.92. The number of amides is 1. The fraction of sp³-hybridized carbons (Fsp3) is 0.860. The van der Waals surface area contributed by atoms with Crippen molar-refractivity contribution >= 4 is 11.9 Å². The Morgan fingerprint density at radius 1 is 0.429 bits per heavy atom. The number of hydrogen-bond acceptors (Lipinski definition) is 5. The molecule has 0 spiro atoms. The molecule has 0 saturated carbocycles. The van der Waals surface area contributed by atoms with Crippen molar-refractivity contribution in [2.45, 2.75) is 302 Å². The number of nitrogens with one attached hydrogen (secondary N) is 1. The number of aliphatic hydroxyl groups is 2. The topological polar surface area (TPSA) is 95.9 Å². The molecule has 3 N–H and O–H groups in total. The minimum atomic E-state index is -0.850. The van der Waals surface area contributed by atoms with Crippen molar-refractivity contribution in [2.24, 2.45) is 0 Å². The zero-order valence-electron chi connectivity index (χ0n) is 42.1. The van der Waals surface area contributed by atoms with Crippen LogP contribution in [0.1, 0.15) is 290 Å². The second-order valence-corrected chi connectivity index (χ2v) is 18.9. The van der Waals surface area contributed by atoms with Crippen LogP contribution in [0, 0.1) is 0 Å². The molecule has 63 heavy (non-hydrogen) atoms. The van der Waals surface area contributed by atoms with Gasteiger partial charge in [0, 0.05) is 12.8 Å². The lowest BCUT2D eigenvalue weighted by molar-refractivity contribution is -0.143. The molecule has 0 saturated heterocycles. The van der Waals surface area contributed by atoms with Crippen molar-refractivity contribution in [1.82, 2.24) is 5.32 Å². The highest BCUT2D eigenvalue weighted by Crippen LogP contribution is 2.16. The summed E-state index contributed by atoms with van der Waals surface area (Å²) in [5.74, 6) is -0.0826. The third kappa shape index (κ3) is 49.4. The molecule has 0 heterocycles. The number of carbonyl (C=O) groups excluding carboxylic acids is 2. The summed E-state index contributed by atoms with van der Waals surface area (Å²) in [6.45, 7) is 4.85. The lowest BCUT2D eigenvalue weighted by atomic mass is 10.0. The van der Waals surface area contributed by atoms with E-state index in [1.807, 2.05) is 6.08 Å². The van der Waals surface area contributed by atoms with Gasteiger partial charge in [0.15, 0.2) is 0 Å². The summed E-state index contributed by atoms with van der Waals surface area (Å²) < 4.78 is 5.45. The van der Waals surface area contributed by atoms with Crippen LogP contribution >= 0.6 is 0 Å². The van der Waals surface area contributed by atoms with E-state index in [0.29, 0.717) is 19.4 Å². The summed E-state index contributed by atoms with van der Waals surface area (Å²) in [6.07, 6.45) is 64.4. The first-order valence-electron chi connectivity index (χ1n) is 27.8. The van der Waals surface area contributed by atoms with Gasteiger partial charge in [-0.1, -0.05) is 237 Å². The van der Waals surface area contributed by atoms with Gasteiger partial charge in [0.25, 0.3) is 0 Å². The molecule has 6 nitrogen and oxygen atoms in total. The molecule has 0 bridgehead atoms. The third-order valence-electron chi connectivity index (χ3n) is 12.6. The number of ether oxygens (including phenoxy) is 1. The van der Waals surface area contributed by atoms with Gasteiger partial charge in [0.1, 0.15) is 0 Å². The molecule has 0 aromatic rings. The molecule has 370 valence electrons. The molecule has 0 aromatic carbocycles. The fourth-order valence-corrected chi connectivity index (χ4v) is 8.31. The first-order valence-corrected chi connectivity index (χ1v) is 27.8. The number of allylic oxidation sites excluding steroid dienone is 5. The molecular weight excluding hydrogens is 779 g/mol. The Bertz CT molecular complexity index is 1020. The Morgan fingerprint density at radius 3 is 1.17 bits per heavy atom. The van der Waals surface area contributed by atoms with Gasteiger partial charge in [-0.2, -0.15) is 0 Å². The van der Waals surface area contributed by atoms with Gasteiger partial charge in [0.2, 0.25) is 5.91 Å². The van der Waals surface area contributed by atoms with Crippen LogP contribution in [0.25, 0.3) is 0 Å².